The van der Waals surface area contributed by atoms with Crippen molar-refractivity contribution in [3.8, 4) is 6.01 Å². The number of hydrogen-bond acceptors (Lipinski definition) is 32. The lowest BCUT2D eigenvalue weighted by Gasteiger charge is -2.24. The van der Waals surface area contributed by atoms with Crippen molar-refractivity contribution in [2.45, 2.75) is 156 Å². The number of nitrogen functional groups attached to an aromatic ring is 1. The Kier molecular flexibility index (Phi) is 34.0. The quantitative estimate of drug-likeness (QED) is 0.00964. The molecular formula is C84H93F8N9O25SSi3. The molecular weight excluding hydrogens is 1800 g/mol. The van der Waals surface area contributed by atoms with Crippen molar-refractivity contribution < 1.29 is 144 Å². The Morgan fingerprint density at radius 1 is 0.446 bits per heavy atom. The van der Waals surface area contributed by atoms with Gasteiger partial charge in [0.2, 0.25) is 39.5 Å². The summed E-state index contributed by atoms with van der Waals surface area (Å²) in [7, 11) is -9.19. The third kappa shape index (κ3) is 28.2. The lowest BCUT2D eigenvalue weighted by Crippen LogP contribution is -2.45. The molecule has 4 aliphatic rings. The molecule has 0 spiro atoms. The summed E-state index contributed by atoms with van der Waals surface area (Å²) < 4.78 is 201. The first-order chi connectivity index (χ1) is 61.0. The van der Waals surface area contributed by atoms with E-state index in [2.05, 4.69) is 73.4 Å². The molecule has 0 amide bonds. The number of aliphatic hydroxyl groups excluding tert-OH is 3. The molecule has 4 fully saturated rings. The summed E-state index contributed by atoms with van der Waals surface area (Å²) in [6, 6.07) is 51.0. The van der Waals surface area contributed by atoms with Crippen LogP contribution in [0.5, 0.6) is 6.01 Å². The zero-order valence-corrected chi connectivity index (χ0v) is 74.9. The average molecular weight is 1900 g/mol. The summed E-state index contributed by atoms with van der Waals surface area (Å²) in [5.74, 6) is -19.9. The van der Waals surface area contributed by atoms with Gasteiger partial charge in [0, 0.05) is 18.6 Å². The highest BCUT2D eigenvalue weighted by Crippen LogP contribution is 2.46. The molecule has 7 N–H and O–H groups in total. The van der Waals surface area contributed by atoms with E-state index < -0.39 is 206 Å². The number of carbonyl (C=O) groups is 6. The molecule has 4 saturated heterocycles. The van der Waals surface area contributed by atoms with E-state index >= 15 is 8.78 Å². The number of ether oxygens (including phenoxy) is 10. The molecule has 12 atom stereocenters. The number of aliphatic hydroxyl groups is 3. The minimum Gasteiger partial charge on any atom is -0.518 e. The minimum absolute atomic E-state index is 0.00851. The summed E-state index contributed by atoms with van der Waals surface area (Å²) >= 11 is 0. The van der Waals surface area contributed by atoms with Gasteiger partial charge in [-0.05, 0) is 111 Å². The van der Waals surface area contributed by atoms with Gasteiger partial charge in [0.1, 0.15) is 78.2 Å². The molecule has 4 aliphatic heterocycles. The fraction of sp³-hybridized carbons (Fsp3) is 0.357. The predicted molar refractivity (Wildman–Crippen MR) is 455 cm³/mol. The lowest BCUT2D eigenvalue weighted by molar-refractivity contribution is -0.199. The maximum atomic E-state index is 15.7. The summed E-state index contributed by atoms with van der Waals surface area (Å²) in [6.45, 7) is 16.2. The Morgan fingerprint density at radius 2 is 0.785 bits per heavy atom. The molecule has 130 heavy (non-hydrogen) atoms. The van der Waals surface area contributed by atoms with Crippen LogP contribution in [0.15, 0.2) is 228 Å². The van der Waals surface area contributed by atoms with Gasteiger partial charge >= 0.3 is 76.9 Å². The Morgan fingerprint density at radius 3 is 1.15 bits per heavy atom. The van der Waals surface area contributed by atoms with Gasteiger partial charge in [-0.25, -0.2) is 47.5 Å². The Balaban J connectivity index is 0.000000189. The molecule has 9 aromatic rings. The first-order valence-electron chi connectivity index (χ1n) is 39.4. The zero-order valence-electron chi connectivity index (χ0n) is 71.1. The number of nitrogens with two attached hydrogens (primary N) is 1. The van der Waals surface area contributed by atoms with Crippen molar-refractivity contribution >= 4 is 88.2 Å². The third-order valence-corrected chi connectivity index (χ3v) is 21.3. The lowest BCUT2D eigenvalue weighted by atomic mass is 10.1. The summed E-state index contributed by atoms with van der Waals surface area (Å²) in [4.78, 5) is 120. The van der Waals surface area contributed by atoms with Gasteiger partial charge < -0.3 is 82.8 Å². The van der Waals surface area contributed by atoms with Crippen LogP contribution in [0, 0.1) is 0 Å². The SMILES string of the molecule is CS(=O)(=O)OC1O[C@H](COC(=O)c2ccccc2)C(OC(=O)c2ccccc2)C1(F)F.C[Si](C)(C)Nc1ccn(C2O[C@H](COC(=O)c3ccccc3)C(OC(=O)c3ccccc3)C2(F)F)c(=O)n1.C[Si](C)(C)Nc1ccnc(O[Si](C)(C)C)n1.Nc1ccn([C@@H]2O[C@H](CO)C(O)C2(F)F)c(=O)n1.O=C(OC[C@H]1OC(O)C(F)(F)C1OC(=O)c1ccccc1)c1ccccc1. The number of aromatic nitrogens is 6. The summed E-state index contributed by atoms with van der Waals surface area (Å²) in [6.07, 6.45) is -19.7. The number of benzene rings is 6. The van der Waals surface area contributed by atoms with Gasteiger partial charge in [-0.15, -0.1) is 0 Å². The Labute approximate surface area is 741 Å². The minimum atomic E-state index is -4.33. The van der Waals surface area contributed by atoms with Gasteiger partial charge in [0.15, 0.2) is 18.3 Å². The highest BCUT2D eigenvalue weighted by molar-refractivity contribution is 7.86. The second kappa shape index (κ2) is 43.5. The van der Waals surface area contributed by atoms with Crippen LogP contribution < -0.4 is 31.5 Å². The van der Waals surface area contributed by atoms with E-state index in [1.807, 2.05) is 25.7 Å². The smallest absolute Gasteiger partial charge is 0.351 e. The monoisotopic (exact) mass is 1900 g/mol. The first kappa shape index (κ1) is 102. The van der Waals surface area contributed by atoms with Crippen molar-refractivity contribution in [3.05, 3.63) is 273 Å². The number of hydrogen-bond donors (Lipinski definition) is 6. The maximum absolute atomic E-state index is 15.7. The second-order valence-electron chi connectivity index (χ2n) is 31.9. The number of rotatable bonds is 26. The molecule has 34 nitrogen and oxygen atoms in total. The van der Waals surface area contributed by atoms with Gasteiger partial charge in [-0.3, -0.25) is 9.13 Å². The van der Waals surface area contributed by atoms with Crippen molar-refractivity contribution in [1.82, 2.24) is 29.1 Å². The van der Waals surface area contributed by atoms with E-state index in [1.165, 1.54) is 91.0 Å². The Bertz CT molecular complexity index is 5530. The second-order valence-corrected chi connectivity index (χ2v) is 47.4. The van der Waals surface area contributed by atoms with Crippen LogP contribution in [0.4, 0.5) is 52.6 Å². The van der Waals surface area contributed by atoms with E-state index in [4.69, 9.17) is 62.6 Å². The molecule has 46 heteroatoms. The van der Waals surface area contributed by atoms with Gasteiger partial charge in [-0.1, -0.05) is 148 Å². The topological polar surface area (TPSA) is 454 Å². The molecule has 7 unspecified atom stereocenters. The van der Waals surface area contributed by atoms with E-state index in [-0.39, 0.29) is 45.0 Å². The zero-order chi connectivity index (χ0) is 95.5. The van der Waals surface area contributed by atoms with Crippen LogP contribution >= 0.6 is 0 Å². The molecule has 3 aromatic heterocycles. The van der Waals surface area contributed by atoms with Crippen molar-refractivity contribution in [3.63, 3.8) is 0 Å². The molecule has 0 radical (unpaired) electrons. The number of halogens is 8. The van der Waals surface area contributed by atoms with Crippen molar-refractivity contribution in [1.29, 1.82) is 0 Å². The summed E-state index contributed by atoms with van der Waals surface area (Å²) in [5, 5.41) is 27.6. The highest BCUT2D eigenvalue weighted by Gasteiger charge is 2.66. The molecule has 0 saturated carbocycles. The number of nitrogens with one attached hydrogen (secondary N) is 2. The van der Waals surface area contributed by atoms with Crippen LogP contribution in [-0.2, 0) is 61.7 Å². The van der Waals surface area contributed by atoms with Crippen molar-refractivity contribution in [2.24, 2.45) is 0 Å². The molecule has 13 rings (SSSR count). The standard InChI is InChI=1S/C26H27F2N3O6Si.C20H18F2O8S.C19H16F2O6.C10H21N3OSi2.C9H11F2N3O4/c1-38(2,3)30-20-14-15-31(25(34)29-20)24-26(27,28)21(37-23(33)18-12-8-5-9-13-18)19(36-24)16-35-22(32)17-10-6-4-7-11-17;1-31(25,26)30-19-20(21,22)16(29-18(24)14-10-6-3-7-11-14)15(28-19)12-27-17(23)13-8-4-2-5-9-13;20-19(21)15(27-17(23)13-9-5-2-6-10-13)14(26-18(19)24)11-25-16(22)12-7-3-1-4-8-12;1-15(2,3)13-9-7-8-11-10(12-9)14-16(4,5)6;10-9(11)6(16)4(3-15)18-7(9)14-2-1-5(12)13-8(14)17/h4-15,19,21,24H,16H2,1-3H3,(H,29,30,34);2-11,15-16,19H,12H2,1H3;1-10,14-15,18,24H,11H2;7-8H,1-6H3,(H,11,12,13);1-2,4,6-7,15-16H,3H2,(H2,12,13,17)/t19-,21?,24?;15-,16?,19?;14-,15?,18?;;4-,6?,7-/m111.1/s1. The van der Waals surface area contributed by atoms with E-state index in [0.29, 0.717) is 21.4 Å². The highest BCUT2D eigenvalue weighted by atomic mass is 32.2. The van der Waals surface area contributed by atoms with Crippen LogP contribution in [-0.4, -0.2) is 231 Å². The molecule has 0 aliphatic carbocycles. The van der Waals surface area contributed by atoms with Gasteiger partial charge in [-0.2, -0.15) is 58.5 Å². The fourth-order valence-corrected chi connectivity index (χ4v) is 15.0. The van der Waals surface area contributed by atoms with E-state index in [0.717, 1.165) is 24.3 Å². The number of esters is 6. The van der Waals surface area contributed by atoms with Crippen LogP contribution in [0.2, 0.25) is 58.9 Å². The maximum Gasteiger partial charge on any atom is 0.351 e. The predicted octanol–water partition coefficient (Wildman–Crippen LogP) is 10.6. The van der Waals surface area contributed by atoms with Gasteiger partial charge in [0.25, 0.3) is 10.1 Å². The third-order valence-electron chi connectivity index (χ3n) is 18.0. The van der Waals surface area contributed by atoms with Gasteiger partial charge in [0.05, 0.1) is 46.2 Å². The normalized spacial score (nSPS) is 22.0. The molecule has 7 heterocycles. The molecule has 0 bridgehead atoms. The largest absolute Gasteiger partial charge is 0.518 e. The van der Waals surface area contributed by atoms with Crippen LogP contribution in [0.25, 0.3) is 0 Å². The Hall–Kier alpha value is -12.1. The van der Waals surface area contributed by atoms with Crippen molar-refractivity contribution in [2.75, 3.05) is 48.4 Å². The average Bonchev–Trinajstić information content (AvgIpc) is 1.78. The van der Waals surface area contributed by atoms with Crippen LogP contribution in [0.1, 0.15) is 74.6 Å². The number of anilines is 3. The van der Waals surface area contributed by atoms with E-state index in [9.17, 15) is 83.3 Å². The first-order valence-corrected chi connectivity index (χ1v) is 51.6. The van der Waals surface area contributed by atoms with E-state index in [1.54, 1.807) is 103 Å². The fourth-order valence-electron chi connectivity index (χ4n) is 12.1. The summed E-state index contributed by atoms with van der Waals surface area (Å²) in [5.41, 5.74) is 3.93. The number of nitrogens with zero attached hydrogens (tertiary/aromatic N) is 6. The molecule has 698 valence electrons. The van der Waals surface area contributed by atoms with Crippen LogP contribution in [0.3, 0.4) is 0 Å². The number of alkyl halides is 8. The molecule has 6 aromatic carbocycles. The number of carbonyl (C=O) groups excluding carboxylic acids is 6.